The molecule has 0 saturated heterocycles. The highest BCUT2D eigenvalue weighted by Crippen LogP contribution is 2.25. The van der Waals surface area contributed by atoms with E-state index < -0.39 is 0 Å². The molecule has 4 heteroatoms. The second kappa shape index (κ2) is 6.57. The molecule has 4 nitrogen and oxygen atoms in total. The molecule has 2 N–H and O–H groups in total. The van der Waals surface area contributed by atoms with Gasteiger partial charge in [0.25, 0.3) is 0 Å². The lowest BCUT2D eigenvalue weighted by atomic mass is 9.97. The van der Waals surface area contributed by atoms with Gasteiger partial charge in [0.15, 0.2) is 0 Å². The van der Waals surface area contributed by atoms with Crippen LogP contribution < -0.4 is 5.32 Å². The van der Waals surface area contributed by atoms with Gasteiger partial charge in [-0.2, -0.15) is 0 Å². The average Bonchev–Trinajstić information content (AvgIpc) is 2.46. The van der Waals surface area contributed by atoms with Crippen LogP contribution in [0.15, 0.2) is 24.3 Å². The Bertz CT molecular complexity index is 428. The number of carbonyl (C=O) groups is 1. The third-order valence-corrected chi connectivity index (χ3v) is 3.52. The molecule has 0 bridgehead atoms. The summed E-state index contributed by atoms with van der Waals surface area (Å²) >= 11 is 0. The molecule has 1 aliphatic rings. The molecule has 1 amide bonds. The van der Waals surface area contributed by atoms with Gasteiger partial charge in [0.1, 0.15) is 6.04 Å². The van der Waals surface area contributed by atoms with E-state index in [0.717, 1.165) is 24.9 Å². The predicted molar refractivity (Wildman–Crippen MR) is 76.1 cm³/mol. The second-order valence-corrected chi connectivity index (χ2v) is 4.94. The van der Waals surface area contributed by atoms with Crippen LogP contribution in [0.25, 0.3) is 0 Å². The highest BCUT2D eigenvalue weighted by atomic mass is 16.3. The van der Waals surface area contributed by atoms with Crippen molar-refractivity contribution >= 4 is 11.6 Å². The summed E-state index contributed by atoms with van der Waals surface area (Å²) in [5.41, 5.74) is 2.34. The van der Waals surface area contributed by atoms with Crippen molar-refractivity contribution in [3.05, 3.63) is 29.8 Å². The summed E-state index contributed by atoms with van der Waals surface area (Å²) in [6.07, 6.45) is 2.66. The fourth-order valence-corrected chi connectivity index (χ4v) is 2.57. The molecule has 0 radical (unpaired) electrons. The second-order valence-electron chi connectivity index (χ2n) is 4.94. The Balaban J connectivity index is 2.04. The number of anilines is 1. The number of nitrogens with one attached hydrogen (secondary N) is 1. The van der Waals surface area contributed by atoms with Gasteiger partial charge in [-0.3, -0.25) is 4.79 Å². The molecular formula is C15H22N2O2. The normalized spacial score (nSPS) is 17.5. The average molecular weight is 262 g/mol. The number of aliphatic hydroxyl groups is 1. The zero-order chi connectivity index (χ0) is 13.7. The van der Waals surface area contributed by atoms with E-state index in [1.54, 1.807) is 4.90 Å². The Morgan fingerprint density at radius 3 is 2.95 bits per heavy atom. The van der Waals surface area contributed by atoms with Crippen LogP contribution in [0.3, 0.4) is 0 Å². The number of aliphatic hydroxyl groups excluding tert-OH is 1. The lowest BCUT2D eigenvalue weighted by Crippen LogP contribution is -2.46. The number of fused-ring (bicyclic) bond motifs is 1. The third kappa shape index (κ3) is 3.26. The summed E-state index contributed by atoms with van der Waals surface area (Å²) in [4.78, 5) is 14.2. The molecule has 1 aromatic rings. The third-order valence-electron chi connectivity index (χ3n) is 3.52. The van der Waals surface area contributed by atoms with Crippen LogP contribution in [0.2, 0.25) is 0 Å². The Labute approximate surface area is 114 Å². The number of benzene rings is 1. The van der Waals surface area contributed by atoms with Gasteiger partial charge in [-0.05, 0) is 30.9 Å². The minimum absolute atomic E-state index is 0.0229. The van der Waals surface area contributed by atoms with E-state index in [1.165, 1.54) is 5.56 Å². The van der Waals surface area contributed by atoms with Gasteiger partial charge in [-0.15, -0.1) is 0 Å². The van der Waals surface area contributed by atoms with Gasteiger partial charge in [0.2, 0.25) is 5.91 Å². The number of rotatable bonds is 5. The molecule has 1 heterocycles. The number of aryl methyl sites for hydroxylation is 1. The van der Waals surface area contributed by atoms with Crippen LogP contribution in [0.5, 0.6) is 0 Å². The van der Waals surface area contributed by atoms with E-state index in [1.807, 2.05) is 25.1 Å². The largest absolute Gasteiger partial charge is 0.395 e. The first kappa shape index (κ1) is 13.9. The number of nitrogens with zero attached hydrogens (tertiary/aromatic N) is 1. The standard InChI is InChI=1S/C15H22N2O2/c1-2-9-17(10-11-18)15(19)14-8-7-12-5-3-4-6-13(12)16-14/h3-6,14,16,18H,2,7-11H2,1H3. The van der Waals surface area contributed by atoms with Crippen molar-refractivity contribution in [3.63, 3.8) is 0 Å². The molecule has 1 atom stereocenters. The lowest BCUT2D eigenvalue weighted by molar-refractivity contribution is -0.132. The molecule has 1 aliphatic heterocycles. The maximum atomic E-state index is 12.4. The van der Waals surface area contributed by atoms with Crippen LogP contribution in [-0.4, -0.2) is 41.7 Å². The summed E-state index contributed by atoms with van der Waals surface area (Å²) in [5.74, 6) is 0.102. The summed E-state index contributed by atoms with van der Waals surface area (Å²) in [6.45, 7) is 3.20. The van der Waals surface area contributed by atoms with Crippen LogP contribution >= 0.6 is 0 Å². The van der Waals surface area contributed by atoms with Crippen molar-refractivity contribution in [2.24, 2.45) is 0 Å². The molecule has 0 fully saturated rings. The topological polar surface area (TPSA) is 52.6 Å². The minimum Gasteiger partial charge on any atom is -0.395 e. The Morgan fingerprint density at radius 2 is 2.21 bits per heavy atom. The number of para-hydroxylation sites is 1. The predicted octanol–water partition coefficient (Wildman–Crippen LogP) is 1.64. The first-order valence-electron chi connectivity index (χ1n) is 7.00. The lowest BCUT2D eigenvalue weighted by Gasteiger charge is -2.31. The van der Waals surface area contributed by atoms with Gasteiger partial charge in [-0.1, -0.05) is 25.1 Å². The molecule has 1 unspecified atom stereocenters. The molecule has 19 heavy (non-hydrogen) atoms. The molecule has 1 aromatic carbocycles. The summed E-state index contributed by atoms with van der Waals surface area (Å²) in [7, 11) is 0. The maximum Gasteiger partial charge on any atom is 0.245 e. The number of hydrogen-bond donors (Lipinski definition) is 2. The van der Waals surface area contributed by atoms with E-state index in [9.17, 15) is 4.79 Å². The van der Waals surface area contributed by atoms with Gasteiger partial charge in [0, 0.05) is 18.8 Å². The smallest absolute Gasteiger partial charge is 0.245 e. The van der Waals surface area contributed by atoms with E-state index >= 15 is 0 Å². The zero-order valence-electron chi connectivity index (χ0n) is 11.4. The fraction of sp³-hybridized carbons (Fsp3) is 0.533. The minimum atomic E-state index is -0.159. The van der Waals surface area contributed by atoms with Crippen molar-refractivity contribution in [2.45, 2.75) is 32.2 Å². The van der Waals surface area contributed by atoms with Crippen molar-refractivity contribution in [1.82, 2.24) is 4.90 Å². The van der Waals surface area contributed by atoms with Crippen LogP contribution in [0, 0.1) is 0 Å². The Kier molecular flexibility index (Phi) is 4.80. The van der Waals surface area contributed by atoms with Crippen LogP contribution in [0.4, 0.5) is 5.69 Å². The van der Waals surface area contributed by atoms with Crippen molar-refractivity contribution < 1.29 is 9.90 Å². The SMILES string of the molecule is CCCN(CCO)C(=O)C1CCc2ccccc2N1. The van der Waals surface area contributed by atoms with E-state index in [0.29, 0.717) is 13.1 Å². The molecule has 0 aliphatic carbocycles. The van der Waals surface area contributed by atoms with Crippen molar-refractivity contribution in [1.29, 1.82) is 0 Å². The van der Waals surface area contributed by atoms with E-state index in [2.05, 4.69) is 11.4 Å². The highest BCUT2D eigenvalue weighted by molar-refractivity contribution is 5.85. The zero-order valence-corrected chi connectivity index (χ0v) is 11.4. The summed E-state index contributed by atoms with van der Waals surface area (Å²) < 4.78 is 0. The number of carbonyl (C=O) groups excluding carboxylic acids is 1. The Hall–Kier alpha value is -1.55. The first-order valence-corrected chi connectivity index (χ1v) is 7.00. The van der Waals surface area contributed by atoms with Gasteiger partial charge in [0.05, 0.1) is 6.61 Å². The molecule has 104 valence electrons. The van der Waals surface area contributed by atoms with Gasteiger partial charge in [-0.25, -0.2) is 0 Å². The van der Waals surface area contributed by atoms with Gasteiger partial charge >= 0.3 is 0 Å². The van der Waals surface area contributed by atoms with E-state index in [-0.39, 0.29) is 18.6 Å². The molecule has 0 aromatic heterocycles. The highest BCUT2D eigenvalue weighted by Gasteiger charge is 2.27. The monoisotopic (exact) mass is 262 g/mol. The first-order chi connectivity index (χ1) is 9.26. The summed E-state index contributed by atoms with van der Waals surface area (Å²) in [6, 6.07) is 7.97. The van der Waals surface area contributed by atoms with Crippen LogP contribution in [0.1, 0.15) is 25.3 Å². The van der Waals surface area contributed by atoms with Crippen molar-refractivity contribution in [2.75, 3.05) is 25.0 Å². The summed E-state index contributed by atoms with van der Waals surface area (Å²) in [5, 5.41) is 12.4. The Morgan fingerprint density at radius 1 is 1.42 bits per heavy atom. The molecular weight excluding hydrogens is 240 g/mol. The quantitative estimate of drug-likeness (QED) is 0.848. The van der Waals surface area contributed by atoms with Gasteiger partial charge < -0.3 is 15.3 Å². The van der Waals surface area contributed by atoms with Crippen molar-refractivity contribution in [3.8, 4) is 0 Å². The van der Waals surface area contributed by atoms with Crippen LogP contribution in [-0.2, 0) is 11.2 Å². The molecule has 2 rings (SSSR count). The maximum absolute atomic E-state index is 12.4. The number of hydrogen-bond acceptors (Lipinski definition) is 3. The van der Waals surface area contributed by atoms with E-state index in [4.69, 9.17) is 5.11 Å². The molecule has 0 spiro atoms. The number of amides is 1. The molecule has 0 saturated carbocycles. The fourth-order valence-electron chi connectivity index (χ4n) is 2.57.